The van der Waals surface area contributed by atoms with Gasteiger partial charge in [0.2, 0.25) is 5.91 Å². The molecule has 0 unspecified atom stereocenters. The Morgan fingerprint density at radius 3 is 2.22 bits per heavy atom. The number of amides is 2. The fourth-order valence-electron chi connectivity index (χ4n) is 2.74. The number of benzene rings is 1. The van der Waals surface area contributed by atoms with Crippen LogP contribution >= 0.6 is 0 Å². The molecular formula is C19H28N2O2. The van der Waals surface area contributed by atoms with Gasteiger partial charge in [-0.3, -0.25) is 9.59 Å². The molecule has 1 heterocycles. The molecule has 2 rings (SSSR count). The van der Waals surface area contributed by atoms with Crippen molar-refractivity contribution >= 4 is 11.8 Å². The number of carbonyl (C=O) groups excluding carboxylic acids is 2. The first-order valence-corrected chi connectivity index (χ1v) is 8.47. The lowest BCUT2D eigenvalue weighted by atomic mass is 9.79. The smallest absolute Gasteiger partial charge is 0.251 e. The van der Waals surface area contributed by atoms with Crippen LogP contribution in [0.2, 0.25) is 0 Å². The van der Waals surface area contributed by atoms with E-state index in [0.29, 0.717) is 24.6 Å². The standard InChI is InChI=1S/C19H28N2O2/c1-14(2)19(3,4)18(23)21-12-10-16(11-13-21)20-17(22)15-8-6-5-7-9-15/h5-9,14,16H,10-13H2,1-4H3,(H,20,22). The molecule has 1 fully saturated rings. The molecule has 4 heteroatoms. The Hall–Kier alpha value is -1.84. The number of nitrogens with one attached hydrogen (secondary N) is 1. The molecule has 1 aromatic carbocycles. The first-order chi connectivity index (χ1) is 10.8. The third kappa shape index (κ3) is 4.12. The summed E-state index contributed by atoms with van der Waals surface area (Å²) in [6, 6.07) is 9.42. The normalized spacial score (nSPS) is 16.5. The maximum Gasteiger partial charge on any atom is 0.251 e. The quantitative estimate of drug-likeness (QED) is 0.928. The SMILES string of the molecule is CC(C)C(C)(C)C(=O)N1CCC(NC(=O)c2ccccc2)CC1. The van der Waals surface area contributed by atoms with Crippen molar-refractivity contribution in [1.29, 1.82) is 0 Å². The summed E-state index contributed by atoms with van der Waals surface area (Å²) in [6.45, 7) is 9.64. The summed E-state index contributed by atoms with van der Waals surface area (Å²) in [5.74, 6) is 0.503. The molecule has 2 amide bonds. The van der Waals surface area contributed by atoms with Crippen molar-refractivity contribution in [2.75, 3.05) is 13.1 Å². The van der Waals surface area contributed by atoms with Crippen molar-refractivity contribution < 1.29 is 9.59 Å². The van der Waals surface area contributed by atoms with Crippen LogP contribution in [-0.2, 0) is 4.79 Å². The molecule has 1 aliphatic heterocycles. The summed E-state index contributed by atoms with van der Waals surface area (Å²) >= 11 is 0. The van der Waals surface area contributed by atoms with Gasteiger partial charge in [0.05, 0.1) is 0 Å². The number of hydrogen-bond acceptors (Lipinski definition) is 2. The van der Waals surface area contributed by atoms with E-state index in [9.17, 15) is 9.59 Å². The molecule has 0 aromatic heterocycles. The van der Waals surface area contributed by atoms with E-state index < -0.39 is 0 Å². The molecule has 0 bridgehead atoms. The Morgan fingerprint density at radius 2 is 1.70 bits per heavy atom. The van der Waals surface area contributed by atoms with E-state index in [1.807, 2.05) is 49.1 Å². The highest BCUT2D eigenvalue weighted by Crippen LogP contribution is 2.29. The maximum atomic E-state index is 12.7. The first kappa shape index (κ1) is 17.5. The van der Waals surface area contributed by atoms with Crippen molar-refractivity contribution in [3.05, 3.63) is 35.9 Å². The lowest BCUT2D eigenvalue weighted by Gasteiger charge is -2.38. The molecule has 0 atom stereocenters. The zero-order valence-corrected chi connectivity index (χ0v) is 14.6. The van der Waals surface area contributed by atoms with Gasteiger partial charge in [-0.15, -0.1) is 0 Å². The lowest BCUT2D eigenvalue weighted by molar-refractivity contribution is -0.143. The Morgan fingerprint density at radius 1 is 1.13 bits per heavy atom. The van der Waals surface area contributed by atoms with Crippen LogP contribution in [-0.4, -0.2) is 35.8 Å². The van der Waals surface area contributed by atoms with Crippen LogP contribution in [0.3, 0.4) is 0 Å². The number of hydrogen-bond donors (Lipinski definition) is 1. The number of nitrogens with zero attached hydrogens (tertiary/aromatic N) is 1. The summed E-state index contributed by atoms with van der Waals surface area (Å²) in [5.41, 5.74) is 0.354. The van der Waals surface area contributed by atoms with E-state index in [0.717, 1.165) is 12.8 Å². The number of rotatable bonds is 4. The van der Waals surface area contributed by atoms with Crippen LogP contribution in [0.15, 0.2) is 30.3 Å². The van der Waals surface area contributed by atoms with Gasteiger partial charge in [0.1, 0.15) is 0 Å². The Bertz CT molecular complexity index is 544. The molecule has 0 spiro atoms. The van der Waals surface area contributed by atoms with Gasteiger partial charge in [0.15, 0.2) is 0 Å². The largest absolute Gasteiger partial charge is 0.349 e. The van der Waals surface area contributed by atoms with Gasteiger partial charge in [-0.1, -0.05) is 45.9 Å². The minimum Gasteiger partial charge on any atom is -0.349 e. The summed E-state index contributed by atoms with van der Waals surface area (Å²) in [4.78, 5) is 26.8. The first-order valence-electron chi connectivity index (χ1n) is 8.47. The fourth-order valence-corrected chi connectivity index (χ4v) is 2.74. The van der Waals surface area contributed by atoms with Crippen LogP contribution in [0.25, 0.3) is 0 Å². The highest BCUT2D eigenvalue weighted by atomic mass is 16.2. The third-order valence-electron chi connectivity index (χ3n) is 5.15. The summed E-state index contributed by atoms with van der Waals surface area (Å²) in [6.07, 6.45) is 1.64. The molecule has 0 aliphatic carbocycles. The van der Waals surface area contributed by atoms with E-state index in [2.05, 4.69) is 19.2 Å². The summed E-state index contributed by atoms with van der Waals surface area (Å²) in [7, 11) is 0. The Labute approximate surface area is 139 Å². The average Bonchev–Trinajstić information content (AvgIpc) is 2.55. The average molecular weight is 316 g/mol. The van der Waals surface area contributed by atoms with Crippen LogP contribution in [0.1, 0.15) is 50.9 Å². The van der Waals surface area contributed by atoms with Gasteiger partial charge in [-0.05, 0) is 30.9 Å². The molecule has 1 aromatic rings. The number of likely N-dealkylation sites (tertiary alicyclic amines) is 1. The van der Waals surface area contributed by atoms with Gasteiger partial charge in [-0.2, -0.15) is 0 Å². The molecule has 1 aliphatic rings. The molecule has 4 nitrogen and oxygen atoms in total. The van der Waals surface area contributed by atoms with E-state index in [1.54, 1.807) is 0 Å². The summed E-state index contributed by atoms with van der Waals surface area (Å²) < 4.78 is 0. The molecule has 126 valence electrons. The van der Waals surface area contributed by atoms with Crippen LogP contribution < -0.4 is 5.32 Å². The van der Waals surface area contributed by atoms with Gasteiger partial charge < -0.3 is 10.2 Å². The molecule has 1 N–H and O–H groups in total. The summed E-state index contributed by atoms with van der Waals surface area (Å²) in [5, 5.41) is 3.08. The van der Waals surface area contributed by atoms with Crippen molar-refractivity contribution in [2.45, 2.75) is 46.6 Å². The van der Waals surface area contributed by atoms with E-state index >= 15 is 0 Å². The van der Waals surface area contributed by atoms with Crippen LogP contribution in [0.5, 0.6) is 0 Å². The second-order valence-corrected chi connectivity index (χ2v) is 7.28. The third-order valence-corrected chi connectivity index (χ3v) is 5.15. The molecule has 1 saturated heterocycles. The zero-order valence-electron chi connectivity index (χ0n) is 14.6. The van der Waals surface area contributed by atoms with Crippen molar-refractivity contribution in [2.24, 2.45) is 11.3 Å². The molecule has 0 radical (unpaired) electrons. The second kappa shape index (κ2) is 7.16. The molecule has 0 saturated carbocycles. The van der Waals surface area contributed by atoms with Crippen LogP contribution in [0, 0.1) is 11.3 Å². The van der Waals surface area contributed by atoms with Gasteiger partial charge in [0.25, 0.3) is 5.91 Å². The minimum absolute atomic E-state index is 0.0297. The molecule has 23 heavy (non-hydrogen) atoms. The predicted octanol–water partition coefficient (Wildman–Crippen LogP) is 3.09. The van der Waals surface area contributed by atoms with Crippen molar-refractivity contribution in [3.8, 4) is 0 Å². The van der Waals surface area contributed by atoms with Gasteiger partial charge >= 0.3 is 0 Å². The maximum absolute atomic E-state index is 12.7. The predicted molar refractivity (Wildman–Crippen MR) is 92.1 cm³/mol. The van der Waals surface area contributed by atoms with E-state index in [1.165, 1.54) is 0 Å². The Kier molecular flexibility index (Phi) is 5.45. The number of carbonyl (C=O) groups is 2. The van der Waals surface area contributed by atoms with E-state index in [-0.39, 0.29) is 23.3 Å². The van der Waals surface area contributed by atoms with Gasteiger partial charge in [0, 0.05) is 30.1 Å². The monoisotopic (exact) mass is 316 g/mol. The topological polar surface area (TPSA) is 49.4 Å². The minimum atomic E-state index is -0.333. The Balaban J connectivity index is 1.87. The molecular weight excluding hydrogens is 288 g/mol. The highest BCUT2D eigenvalue weighted by molar-refractivity contribution is 5.94. The van der Waals surface area contributed by atoms with Crippen molar-refractivity contribution in [3.63, 3.8) is 0 Å². The van der Waals surface area contributed by atoms with E-state index in [4.69, 9.17) is 0 Å². The zero-order chi connectivity index (χ0) is 17.0. The fraction of sp³-hybridized carbons (Fsp3) is 0.579. The van der Waals surface area contributed by atoms with Crippen LogP contribution in [0.4, 0.5) is 0 Å². The second-order valence-electron chi connectivity index (χ2n) is 7.28. The van der Waals surface area contributed by atoms with Gasteiger partial charge in [-0.25, -0.2) is 0 Å². The number of piperidine rings is 1. The lowest BCUT2D eigenvalue weighted by Crippen LogP contribution is -2.50. The van der Waals surface area contributed by atoms with Crippen molar-refractivity contribution in [1.82, 2.24) is 10.2 Å². The highest BCUT2D eigenvalue weighted by Gasteiger charge is 2.36.